The van der Waals surface area contributed by atoms with Crippen LogP contribution >= 0.6 is 11.6 Å². The number of carbonyl (C=O) groups excluding carboxylic acids is 2. The quantitative estimate of drug-likeness (QED) is 0.262. The van der Waals surface area contributed by atoms with Gasteiger partial charge in [-0.2, -0.15) is 0 Å². The number of benzene rings is 3. The van der Waals surface area contributed by atoms with Gasteiger partial charge in [0.25, 0.3) is 10.0 Å². The van der Waals surface area contributed by atoms with Crippen molar-refractivity contribution in [3.8, 4) is 5.75 Å². The van der Waals surface area contributed by atoms with Crippen LogP contribution in [0.15, 0.2) is 77.7 Å². The summed E-state index contributed by atoms with van der Waals surface area (Å²) in [5, 5.41) is 3.71. The maximum atomic E-state index is 14.3. The van der Waals surface area contributed by atoms with Gasteiger partial charge in [-0.3, -0.25) is 13.9 Å². The van der Waals surface area contributed by atoms with Gasteiger partial charge in [0.15, 0.2) is 0 Å². The van der Waals surface area contributed by atoms with Gasteiger partial charge in [0.05, 0.1) is 17.7 Å². The smallest absolute Gasteiger partial charge is 0.264 e. The molecule has 2 amide bonds. The summed E-state index contributed by atoms with van der Waals surface area (Å²) in [4.78, 5) is 29.5. The Labute approximate surface area is 260 Å². The number of nitrogens with zero attached hydrogens (tertiary/aromatic N) is 2. The zero-order chi connectivity index (χ0) is 31.0. The van der Waals surface area contributed by atoms with Crippen LogP contribution in [0.4, 0.5) is 5.69 Å². The van der Waals surface area contributed by atoms with Crippen LogP contribution in [0, 0.1) is 6.92 Å². The Morgan fingerprint density at radius 3 is 2.30 bits per heavy atom. The second-order valence-corrected chi connectivity index (χ2v) is 13.2. The Kier molecular flexibility index (Phi) is 11.1. The number of sulfonamides is 1. The number of amides is 2. The molecular formula is C33H40ClN3O5S. The van der Waals surface area contributed by atoms with Crippen LogP contribution in [0.3, 0.4) is 0 Å². The highest BCUT2D eigenvalue weighted by Crippen LogP contribution is 2.34. The molecule has 3 aromatic rings. The number of ether oxygens (including phenoxy) is 1. The predicted molar refractivity (Wildman–Crippen MR) is 170 cm³/mol. The van der Waals surface area contributed by atoms with Gasteiger partial charge in [0.2, 0.25) is 11.8 Å². The van der Waals surface area contributed by atoms with E-state index in [0.717, 1.165) is 47.5 Å². The third kappa shape index (κ3) is 8.09. The van der Waals surface area contributed by atoms with Gasteiger partial charge in [-0.1, -0.05) is 74.2 Å². The summed E-state index contributed by atoms with van der Waals surface area (Å²) in [5.41, 5.74) is 1.81. The maximum absolute atomic E-state index is 14.3. The van der Waals surface area contributed by atoms with Crippen molar-refractivity contribution in [2.24, 2.45) is 0 Å². The number of aryl methyl sites for hydroxylation is 1. The van der Waals surface area contributed by atoms with E-state index in [9.17, 15) is 18.0 Å². The second-order valence-electron chi connectivity index (χ2n) is 10.9. The van der Waals surface area contributed by atoms with Crippen LogP contribution in [0.5, 0.6) is 5.75 Å². The Morgan fingerprint density at radius 2 is 1.67 bits per heavy atom. The molecule has 1 aliphatic carbocycles. The number of methoxy groups -OCH3 is 1. The van der Waals surface area contributed by atoms with Gasteiger partial charge in [0, 0.05) is 17.6 Å². The topological polar surface area (TPSA) is 96.0 Å². The van der Waals surface area contributed by atoms with Crippen LogP contribution in [-0.2, 0) is 26.2 Å². The fraction of sp³-hybridized carbons (Fsp3) is 0.394. The monoisotopic (exact) mass is 625 g/mol. The molecule has 0 heterocycles. The summed E-state index contributed by atoms with van der Waals surface area (Å²) >= 11 is 6.12. The van der Waals surface area contributed by atoms with Crippen molar-refractivity contribution in [3.63, 3.8) is 0 Å². The zero-order valence-electron chi connectivity index (χ0n) is 25.0. The average molecular weight is 626 g/mol. The van der Waals surface area contributed by atoms with E-state index in [1.165, 1.54) is 24.1 Å². The van der Waals surface area contributed by atoms with E-state index >= 15 is 0 Å². The molecule has 43 heavy (non-hydrogen) atoms. The van der Waals surface area contributed by atoms with E-state index in [2.05, 4.69) is 5.32 Å². The number of nitrogens with one attached hydrogen (secondary N) is 1. The molecule has 230 valence electrons. The second kappa shape index (κ2) is 14.8. The van der Waals surface area contributed by atoms with Crippen LogP contribution in [0.1, 0.15) is 56.6 Å². The first kappa shape index (κ1) is 32.4. The minimum atomic E-state index is -4.20. The molecule has 0 aliphatic heterocycles. The molecular weight excluding hydrogens is 586 g/mol. The van der Waals surface area contributed by atoms with Crippen molar-refractivity contribution in [1.29, 1.82) is 0 Å². The van der Waals surface area contributed by atoms with Crippen molar-refractivity contribution in [1.82, 2.24) is 10.2 Å². The summed E-state index contributed by atoms with van der Waals surface area (Å²) < 4.78 is 34.8. The summed E-state index contributed by atoms with van der Waals surface area (Å²) in [6.45, 7) is 3.28. The van der Waals surface area contributed by atoms with Gasteiger partial charge in [-0.15, -0.1) is 0 Å². The molecule has 0 aromatic heterocycles. The minimum absolute atomic E-state index is 0.0395. The first-order chi connectivity index (χ1) is 20.6. The lowest BCUT2D eigenvalue weighted by Crippen LogP contribution is -2.54. The van der Waals surface area contributed by atoms with Crippen LogP contribution in [0.2, 0.25) is 5.02 Å². The van der Waals surface area contributed by atoms with E-state index in [-0.39, 0.29) is 29.1 Å². The molecule has 10 heteroatoms. The molecule has 0 unspecified atom stereocenters. The molecule has 1 fully saturated rings. The number of hydrogen-bond donors (Lipinski definition) is 1. The van der Waals surface area contributed by atoms with Crippen LogP contribution in [0.25, 0.3) is 0 Å². The predicted octanol–water partition coefficient (Wildman–Crippen LogP) is 6.11. The van der Waals surface area contributed by atoms with Crippen LogP contribution in [-0.4, -0.2) is 50.9 Å². The van der Waals surface area contributed by atoms with Gasteiger partial charge >= 0.3 is 0 Å². The Balaban J connectivity index is 1.74. The summed E-state index contributed by atoms with van der Waals surface area (Å²) in [6.07, 6.45) is 5.43. The molecule has 0 radical (unpaired) electrons. The summed E-state index contributed by atoms with van der Waals surface area (Å²) in [5.74, 6) is -0.435. The lowest BCUT2D eigenvalue weighted by atomic mass is 9.95. The summed E-state index contributed by atoms with van der Waals surface area (Å²) in [6, 6.07) is 19.5. The van der Waals surface area contributed by atoms with Crippen molar-refractivity contribution < 1.29 is 22.7 Å². The number of halogens is 1. The van der Waals surface area contributed by atoms with Crippen molar-refractivity contribution in [2.45, 2.75) is 75.9 Å². The molecule has 1 atom stereocenters. The molecule has 1 saturated carbocycles. The number of rotatable bonds is 12. The third-order valence-corrected chi connectivity index (χ3v) is 9.84. The molecule has 1 N–H and O–H groups in total. The maximum Gasteiger partial charge on any atom is 0.264 e. The fourth-order valence-electron chi connectivity index (χ4n) is 5.48. The van der Waals surface area contributed by atoms with E-state index < -0.39 is 28.5 Å². The van der Waals surface area contributed by atoms with E-state index in [1.54, 1.807) is 54.6 Å². The van der Waals surface area contributed by atoms with E-state index in [0.29, 0.717) is 17.2 Å². The normalized spacial score (nSPS) is 14.5. The number of hydrogen-bond acceptors (Lipinski definition) is 5. The Morgan fingerprint density at radius 1 is 1.00 bits per heavy atom. The van der Waals surface area contributed by atoms with Crippen LogP contribution < -0.4 is 14.4 Å². The Bertz CT molecular complexity index is 1490. The van der Waals surface area contributed by atoms with Gasteiger partial charge in [-0.25, -0.2) is 8.42 Å². The molecule has 0 bridgehead atoms. The largest absolute Gasteiger partial charge is 0.495 e. The van der Waals surface area contributed by atoms with Gasteiger partial charge < -0.3 is 15.0 Å². The van der Waals surface area contributed by atoms with Crippen molar-refractivity contribution >= 4 is 39.1 Å². The molecule has 1 aliphatic rings. The molecule has 4 rings (SSSR count). The van der Waals surface area contributed by atoms with Gasteiger partial charge in [-0.05, 0) is 73.7 Å². The highest BCUT2D eigenvalue weighted by atomic mass is 35.5. The SMILES string of the molecule is CC[C@H](C(=O)NC1CCCCC1)N(Cc1ccc(Cl)cc1)C(=O)CN(c1cc(C)ccc1OC)S(=O)(=O)c1ccccc1. The standard InChI is InChI=1S/C33H40ClN3O5S/c1-4-29(33(39)35-27-11-7-5-8-12-27)36(22-25-16-18-26(34)19-17-25)32(38)23-37(30-21-24(2)15-20-31(30)42-3)43(40,41)28-13-9-6-10-14-28/h6,9-10,13-21,27,29H,4-5,7-8,11-12,22-23H2,1-3H3,(H,35,39)/t29-/m1/s1. The van der Waals surface area contributed by atoms with Crippen molar-refractivity contribution in [2.75, 3.05) is 18.0 Å². The molecule has 8 nitrogen and oxygen atoms in total. The molecule has 0 spiro atoms. The van der Waals surface area contributed by atoms with Crippen molar-refractivity contribution in [3.05, 3.63) is 88.9 Å². The zero-order valence-corrected chi connectivity index (χ0v) is 26.5. The lowest BCUT2D eigenvalue weighted by Gasteiger charge is -2.34. The summed E-state index contributed by atoms with van der Waals surface area (Å²) in [7, 11) is -2.74. The van der Waals surface area contributed by atoms with E-state index in [4.69, 9.17) is 16.3 Å². The average Bonchev–Trinajstić information content (AvgIpc) is 3.01. The number of carbonyl (C=O) groups is 2. The fourth-order valence-corrected chi connectivity index (χ4v) is 7.04. The lowest BCUT2D eigenvalue weighted by molar-refractivity contribution is -0.140. The first-order valence-corrected chi connectivity index (χ1v) is 16.5. The van der Waals surface area contributed by atoms with E-state index in [1.807, 2.05) is 19.9 Å². The highest BCUT2D eigenvalue weighted by molar-refractivity contribution is 7.92. The molecule has 3 aromatic carbocycles. The Hall–Kier alpha value is -3.56. The minimum Gasteiger partial charge on any atom is -0.495 e. The third-order valence-electron chi connectivity index (χ3n) is 7.82. The number of anilines is 1. The highest BCUT2D eigenvalue weighted by Gasteiger charge is 2.35. The molecule has 0 saturated heterocycles. The first-order valence-electron chi connectivity index (χ1n) is 14.7. The van der Waals surface area contributed by atoms with Gasteiger partial charge in [0.1, 0.15) is 18.3 Å².